The van der Waals surface area contributed by atoms with E-state index in [9.17, 15) is 8.42 Å². The van der Waals surface area contributed by atoms with Crippen molar-refractivity contribution in [3.8, 4) is 0 Å². The molecule has 0 aliphatic carbocycles. The van der Waals surface area contributed by atoms with Crippen LogP contribution >= 0.6 is 0 Å². The molecule has 3 nitrogen and oxygen atoms in total. The second-order valence-corrected chi connectivity index (χ2v) is 8.29. The average molecular weight is 353 g/mol. The summed E-state index contributed by atoms with van der Waals surface area (Å²) < 4.78 is 27.8. The van der Waals surface area contributed by atoms with Crippen molar-refractivity contribution in [1.82, 2.24) is 0 Å². The monoisotopic (exact) mass is 353 g/mol. The third kappa shape index (κ3) is 3.40. The highest BCUT2D eigenvalue weighted by molar-refractivity contribution is 7.92. The molecule has 0 saturated carbocycles. The van der Waals surface area contributed by atoms with E-state index in [4.69, 9.17) is 0 Å². The standard InChI is InChI=1S/C21H23NO2S/c1-4-22(20-12-9-17(10-13-20)16(2)3)25(23,24)21-14-11-18-7-5-6-8-19(18)15-21/h5-16H,4H2,1-3H3. The number of benzene rings is 3. The summed E-state index contributed by atoms with van der Waals surface area (Å²) in [7, 11) is -3.60. The van der Waals surface area contributed by atoms with Gasteiger partial charge in [0.15, 0.2) is 0 Å². The van der Waals surface area contributed by atoms with Crippen molar-refractivity contribution >= 4 is 26.5 Å². The van der Waals surface area contributed by atoms with Gasteiger partial charge in [-0.15, -0.1) is 0 Å². The molecular weight excluding hydrogens is 330 g/mol. The Hall–Kier alpha value is -2.33. The Balaban J connectivity index is 2.02. The molecular formula is C21H23NO2S. The van der Waals surface area contributed by atoms with Crippen molar-refractivity contribution in [2.45, 2.75) is 31.6 Å². The molecule has 0 aromatic heterocycles. The molecule has 4 heteroatoms. The SMILES string of the molecule is CCN(c1ccc(C(C)C)cc1)S(=O)(=O)c1ccc2ccccc2c1. The lowest BCUT2D eigenvalue weighted by Crippen LogP contribution is -2.30. The lowest BCUT2D eigenvalue weighted by atomic mass is 10.0. The molecule has 0 bridgehead atoms. The second-order valence-electron chi connectivity index (χ2n) is 6.42. The molecule has 0 amide bonds. The minimum absolute atomic E-state index is 0.320. The molecule has 3 rings (SSSR count). The van der Waals surface area contributed by atoms with Crippen molar-refractivity contribution in [2.24, 2.45) is 0 Å². The molecule has 0 fully saturated rings. The van der Waals surface area contributed by atoms with Crippen molar-refractivity contribution in [2.75, 3.05) is 10.8 Å². The summed E-state index contributed by atoms with van der Waals surface area (Å²) in [5.41, 5.74) is 1.89. The highest BCUT2D eigenvalue weighted by Crippen LogP contribution is 2.27. The first-order chi connectivity index (χ1) is 11.9. The first kappa shape index (κ1) is 17.5. The van der Waals surface area contributed by atoms with Crippen LogP contribution in [0.15, 0.2) is 71.6 Å². The largest absolute Gasteiger partial charge is 0.267 e. The summed E-state index contributed by atoms with van der Waals surface area (Å²) in [6, 6.07) is 20.8. The van der Waals surface area contributed by atoms with Gasteiger partial charge in [0.2, 0.25) is 0 Å². The van der Waals surface area contributed by atoms with E-state index in [1.807, 2.05) is 61.5 Å². The highest BCUT2D eigenvalue weighted by Gasteiger charge is 2.23. The molecule has 0 heterocycles. The first-order valence-corrected chi connectivity index (χ1v) is 9.99. The molecule has 0 atom stereocenters. The summed E-state index contributed by atoms with van der Waals surface area (Å²) in [6.07, 6.45) is 0. The highest BCUT2D eigenvalue weighted by atomic mass is 32.2. The molecule has 0 saturated heterocycles. The van der Waals surface area contributed by atoms with Gasteiger partial charge < -0.3 is 0 Å². The van der Waals surface area contributed by atoms with Crippen LogP contribution in [-0.2, 0) is 10.0 Å². The summed E-state index contributed by atoms with van der Waals surface area (Å²) in [5.74, 6) is 0.418. The number of rotatable bonds is 5. The third-order valence-corrected chi connectivity index (χ3v) is 6.34. The molecule has 0 N–H and O–H groups in total. The van der Waals surface area contributed by atoms with E-state index < -0.39 is 10.0 Å². The number of anilines is 1. The van der Waals surface area contributed by atoms with Crippen LogP contribution in [0.1, 0.15) is 32.3 Å². The summed E-state index contributed by atoms with van der Waals surface area (Å²) >= 11 is 0. The van der Waals surface area contributed by atoms with Crippen LogP contribution in [0.5, 0.6) is 0 Å². The van der Waals surface area contributed by atoms with Crippen LogP contribution < -0.4 is 4.31 Å². The van der Waals surface area contributed by atoms with Crippen LogP contribution in [0.4, 0.5) is 5.69 Å². The first-order valence-electron chi connectivity index (χ1n) is 8.55. The normalized spacial score (nSPS) is 11.8. The number of hydrogen-bond donors (Lipinski definition) is 0. The maximum Gasteiger partial charge on any atom is 0.264 e. The Labute approximate surface area is 150 Å². The van der Waals surface area contributed by atoms with E-state index in [1.165, 1.54) is 9.87 Å². The zero-order chi connectivity index (χ0) is 18.0. The molecule has 25 heavy (non-hydrogen) atoms. The molecule has 0 unspecified atom stereocenters. The fourth-order valence-electron chi connectivity index (χ4n) is 2.97. The van der Waals surface area contributed by atoms with Crippen molar-refractivity contribution in [1.29, 1.82) is 0 Å². The van der Waals surface area contributed by atoms with E-state index in [-0.39, 0.29) is 0 Å². The Bertz CT molecular complexity index is 976. The van der Waals surface area contributed by atoms with E-state index >= 15 is 0 Å². The maximum absolute atomic E-state index is 13.2. The minimum Gasteiger partial charge on any atom is -0.267 e. The Kier molecular flexibility index (Phi) is 4.82. The average Bonchev–Trinajstić information content (AvgIpc) is 2.62. The predicted molar refractivity (Wildman–Crippen MR) is 105 cm³/mol. The van der Waals surface area contributed by atoms with E-state index in [1.54, 1.807) is 12.1 Å². The third-order valence-electron chi connectivity index (χ3n) is 4.44. The number of hydrogen-bond acceptors (Lipinski definition) is 2. The van der Waals surface area contributed by atoms with Gasteiger partial charge in [0.05, 0.1) is 10.6 Å². The Morgan fingerprint density at radius 3 is 2.12 bits per heavy atom. The van der Waals surface area contributed by atoms with Crippen molar-refractivity contribution in [3.63, 3.8) is 0 Å². The zero-order valence-electron chi connectivity index (χ0n) is 14.8. The smallest absolute Gasteiger partial charge is 0.264 e. The minimum atomic E-state index is -3.60. The van der Waals surface area contributed by atoms with Gasteiger partial charge in [0.25, 0.3) is 10.0 Å². The second kappa shape index (κ2) is 6.89. The molecule has 0 spiro atoms. The van der Waals surface area contributed by atoms with Crippen molar-refractivity contribution in [3.05, 3.63) is 72.3 Å². The summed E-state index contributed by atoms with van der Waals surface area (Å²) in [6.45, 7) is 6.49. The quantitative estimate of drug-likeness (QED) is 0.634. The van der Waals surface area contributed by atoms with Gasteiger partial charge >= 0.3 is 0 Å². The maximum atomic E-state index is 13.2. The number of sulfonamides is 1. The van der Waals surface area contributed by atoms with Crippen LogP contribution in [0.25, 0.3) is 10.8 Å². The Morgan fingerprint density at radius 2 is 1.52 bits per heavy atom. The van der Waals surface area contributed by atoms with Crippen LogP contribution in [0.3, 0.4) is 0 Å². The molecule has 0 aliphatic heterocycles. The lowest BCUT2D eigenvalue weighted by Gasteiger charge is -2.23. The number of fused-ring (bicyclic) bond motifs is 1. The molecule has 3 aromatic rings. The topological polar surface area (TPSA) is 37.4 Å². The summed E-state index contributed by atoms with van der Waals surface area (Å²) in [4.78, 5) is 0.320. The van der Waals surface area contributed by atoms with Gasteiger partial charge in [-0.2, -0.15) is 0 Å². The van der Waals surface area contributed by atoms with Gasteiger partial charge in [-0.05, 0) is 53.4 Å². The molecule has 0 aliphatic rings. The predicted octanol–water partition coefficient (Wildman–Crippen LogP) is 5.18. The van der Waals surface area contributed by atoms with Gasteiger partial charge in [-0.3, -0.25) is 4.31 Å². The zero-order valence-corrected chi connectivity index (χ0v) is 15.6. The number of nitrogens with zero attached hydrogens (tertiary/aromatic N) is 1. The lowest BCUT2D eigenvalue weighted by molar-refractivity contribution is 0.592. The molecule has 0 radical (unpaired) electrons. The Morgan fingerprint density at radius 1 is 0.880 bits per heavy atom. The van der Waals surface area contributed by atoms with E-state index in [0.717, 1.165) is 10.8 Å². The fraction of sp³-hybridized carbons (Fsp3) is 0.238. The van der Waals surface area contributed by atoms with Gasteiger partial charge in [-0.1, -0.05) is 56.3 Å². The fourth-order valence-corrected chi connectivity index (χ4v) is 4.48. The van der Waals surface area contributed by atoms with Crippen molar-refractivity contribution < 1.29 is 8.42 Å². The molecule has 3 aromatic carbocycles. The summed E-state index contributed by atoms with van der Waals surface area (Å²) in [5, 5.41) is 1.96. The van der Waals surface area contributed by atoms with Gasteiger partial charge in [0, 0.05) is 6.54 Å². The van der Waals surface area contributed by atoms with Crippen LogP contribution in [0.2, 0.25) is 0 Å². The van der Waals surface area contributed by atoms with Crippen LogP contribution in [-0.4, -0.2) is 15.0 Å². The van der Waals surface area contributed by atoms with Gasteiger partial charge in [-0.25, -0.2) is 8.42 Å². The molecule has 130 valence electrons. The van der Waals surface area contributed by atoms with Crippen LogP contribution in [0, 0.1) is 0 Å². The van der Waals surface area contributed by atoms with E-state index in [0.29, 0.717) is 23.0 Å². The van der Waals surface area contributed by atoms with E-state index in [2.05, 4.69) is 13.8 Å². The van der Waals surface area contributed by atoms with Gasteiger partial charge in [0.1, 0.15) is 0 Å².